The molecule has 0 radical (unpaired) electrons. The molecule has 0 unspecified atom stereocenters. The first kappa shape index (κ1) is 81.3. The van der Waals surface area contributed by atoms with Gasteiger partial charge in [0, 0.05) is 153 Å². The van der Waals surface area contributed by atoms with Gasteiger partial charge in [0.2, 0.25) is 0 Å². The van der Waals surface area contributed by atoms with Gasteiger partial charge in [-0.3, -0.25) is 14.5 Å². The summed E-state index contributed by atoms with van der Waals surface area (Å²) in [5.74, 6) is 4.91. The van der Waals surface area contributed by atoms with Crippen molar-refractivity contribution in [3.8, 4) is 67.5 Å². The largest absolute Gasteiger partial charge is 0.361 e. The molecule has 28 heteroatoms. The predicted octanol–water partition coefficient (Wildman–Crippen LogP) is 22.7. The van der Waals surface area contributed by atoms with Crippen LogP contribution in [0, 0.1) is 83.1 Å². The highest BCUT2D eigenvalue weighted by molar-refractivity contribution is 9.11. The molecule has 4 aromatic carbocycles. The van der Waals surface area contributed by atoms with E-state index >= 15 is 0 Å². The molecule has 115 heavy (non-hydrogen) atoms. The predicted molar refractivity (Wildman–Crippen MR) is 467 cm³/mol. The van der Waals surface area contributed by atoms with Crippen LogP contribution in [0.2, 0.25) is 0 Å². The Labute approximate surface area is 701 Å². The van der Waals surface area contributed by atoms with Gasteiger partial charge in [0.05, 0.1) is 104 Å². The van der Waals surface area contributed by atoms with Gasteiger partial charge < -0.3 is 51.4 Å². The van der Waals surface area contributed by atoms with E-state index in [0.717, 1.165) is 208 Å². The third kappa shape index (κ3) is 17.5. The molecule has 0 aliphatic heterocycles. The molecule has 586 valence electrons. The minimum atomic E-state index is 0.778. The number of benzene rings is 4. The lowest BCUT2D eigenvalue weighted by Gasteiger charge is -2.26. The normalized spacial score (nSPS) is 11.1. The molecule has 16 aromatic rings. The molecule has 0 aliphatic carbocycles. The maximum atomic E-state index is 5.37. The summed E-state index contributed by atoms with van der Waals surface area (Å²) in [6, 6.07) is 33.9. The Kier molecular flexibility index (Phi) is 25.3. The van der Waals surface area contributed by atoms with Crippen molar-refractivity contribution in [1.29, 1.82) is 0 Å². The van der Waals surface area contributed by atoms with Crippen molar-refractivity contribution in [2.75, 3.05) is 46.3 Å². The van der Waals surface area contributed by atoms with E-state index in [-0.39, 0.29) is 0 Å². The number of anilines is 8. The van der Waals surface area contributed by atoms with Crippen LogP contribution >= 0.6 is 63.7 Å². The second-order valence-electron chi connectivity index (χ2n) is 27.4. The average molecular weight is 1800 g/mol. The van der Waals surface area contributed by atoms with Crippen molar-refractivity contribution in [3.05, 3.63) is 283 Å². The summed E-state index contributed by atoms with van der Waals surface area (Å²) in [6.45, 7) is 32.7. The maximum absolute atomic E-state index is 5.37. The minimum Gasteiger partial charge on any atom is -0.361 e. The monoisotopic (exact) mass is 1790 g/mol. The molecule has 16 rings (SSSR count). The molecule has 0 N–H and O–H groups in total. The van der Waals surface area contributed by atoms with Gasteiger partial charge in [0.1, 0.15) is 35.2 Å². The molecule has 12 aromatic heterocycles. The summed E-state index contributed by atoms with van der Waals surface area (Å²) in [5.41, 5.74) is 26.6. The lowest BCUT2D eigenvalue weighted by molar-refractivity contribution is 0.393. The second-order valence-corrected chi connectivity index (χ2v) is 30.8. The fourth-order valence-electron chi connectivity index (χ4n) is 14.0. The Hall–Kier alpha value is -11.7. The van der Waals surface area contributed by atoms with Crippen LogP contribution in [0.4, 0.5) is 45.6 Å². The van der Waals surface area contributed by atoms with Gasteiger partial charge in [-0.1, -0.05) is 44.9 Å². The summed E-state index contributed by atoms with van der Waals surface area (Å²) in [4.78, 5) is 44.0. The van der Waals surface area contributed by atoms with Crippen molar-refractivity contribution in [3.63, 3.8) is 0 Å². The zero-order valence-corrected chi connectivity index (χ0v) is 73.0. The first-order valence-electron chi connectivity index (χ1n) is 37.2. The summed E-state index contributed by atoms with van der Waals surface area (Å²) >= 11 is 14.7. The number of aromatic nitrogens is 16. The molecule has 0 fully saturated rings. The van der Waals surface area contributed by atoms with E-state index in [4.69, 9.17) is 23.1 Å². The van der Waals surface area contributed by atoms with Gasteiger partial charge in [-0.15, -0.1) is 0 Å². The van der Waals surface area contributed by atoms with Gasteiger partial charge in [-0.25, -0.2) is 29.9 Å². The van der Waals surface area contributed by atoms with Crippen LogP contribution in [0.3, 0.4) is 0 Å². The molecule has 0 saturated heterocycles. The Morgan fingerprint density at radius 2 is 0.765 bits per heavy atom. The van der Waals surface area contributed by atoms with Crippen LogP contribution in [0.5, 0.6) is 0 Å². The summed E-state index contributed by atoms with van der Waals surface area (Å²) in [6.07, 6.45) is 29.2. The van der Waals surface area contributed by atoms with Crippen LogP contribution in [-0.4, -0.2) is 105 Å². The number of nitrogens with zero attached hydrogens (tertiary/aromatic N) is 20. The fraction of sp³-hybridized carbons (Fsp3) is 0.218. The number of hydrogen-bond donors (Lipinski definition) is 0. The van der Waals surface area contributed by atoms with Gasteiger partial charge in [0.25, 0.3) is 0 Å². The third-order valence-corrected chi connectivity index (χ3v) is 22.4. The molecule has 0 bridgehead atoms. The summed E-state index contributed by atoms with van der Waals surface area (Å²) in [5, 5.41) is 16.3. The van der Waals surface area contributed by atoms with E-state index in [1.807, 2.05) is 143 Å². The van der Waals surface area contributed by atoms with E-state index in [9.17, 15) is 0 Å². The highest BCUT2D eigenvalue weighted by Gasteiger charge is 2.24. The minimum absolute atomic E-state index is 0.778. The van der Waals surface area contributed by atoms with Crippen molar-refractivity contribution in [2.24, 2.45) is 0 Å². The topological polar surface area (TPSA) is 240 Å². The zero-order valence-electron chi connectivity index (χ0n) is 66.7. The molecule has 0 spiro atoms. The van der Waals surface area contributed by atoms with Gasteiger partial charge in [-0.05, 0) is 268 Å². The molecule has 0 amide bonds. The molecule has 12 heterocycles. The van der Waals surface area contributed by atoms with Crippen molar-refractivity contribution in [1.82, 2.24) is 78.8 Å². The van der Waals surface area contributed by atoms with E-state index in [0.29, 0.717) is 0 Å². The second kappa shape index (κ2) is 35.8. The van der Waals surface area contributed by atoms with Crippen molar-refractivity contribution >= 4 is 109 Å². The highest BCUT2D eigenvalue weighted by Crippen LogP contribution is 2.42. The number of aryl methyl sites for hydroxylation is 12. The van der Waals surface area contributed by atoms with E-state index < -0.39 is 0 Å². The maximum Gasteiger partial charge on any atom is 0.152 e. The van der Waals surface area contributed by atoms with Crippen LogP contribution in [0.1, 0.15) is 89.0 Å². The van der Waals surface area contributed by atoms with Gasteiger partial charge in [-0.2, -0.15) is 0 Å². The Morgan fingerprint density at radius 1 is 0.339 bits per heavy atom. The van der Waals surface area contributed by atoms with E-state index in [1.54, 1.807) is 50.1 Å². The summed E-state index contributed by atoms with van der Waals surface area (Å²) < 4.78 is 33.0. The number of hydrogen-bond acceptors (Lipinski definition) is 20. The molecular weight excluding hydrogens is 1710 g/mol. The van der Waals surface area contributed by atoms with Crippen molar-refractivity contribution < 1.29 is 18.1 Å². The first-order chi connectivity index (χ1) is 55.4. The Balaban J connectivity index is 0.000000134. The number of pyridine rings is 4. The van der Waals surface area contributed by atoms with E-state index in [1.165, 1.54) is 11.1 Å². The van der Waals surface area contributed by atoms with Gasteiger partial charge in [0.15, 0.2) is 5.82 Å². The smallest absolute Gasteiger partial charge is 0.152 e. The van der Waals surface area contributed by atoms with Crippen molar-refractivity contribution in [2.45, 2.75) is 104 Å². The van der Waals surface area contributed by atoms with Crippen LogP contribution in [0.25, 0.3) is 67.5 Å². The van der Waals surface area contributed by atoms with Crippen LogP contribution in [0.15, 0.2) is 233 Å². The molecular formula is C87H86Br4N20O4. The zero-order chi connectivity index (χ0) is 81.5. The Morgan fingerprint density at radius 3 is 1.22 bits per heavy atom. The average Bonchev–Trinajstić information content (AvgIpc) is 1.78. The lowest BCUT2D eigenvalue weighted by atomic mass is 10.0. The molecule has 0 saturated carbocycles. The SMILES string of the molecule is CCN(c1cc(Br)c(-n2ccnc2)cn1)c1cc(-c2c(C)noc2C)ccc1C.CCN(c1ccc(-n2ccnc2)c(Br)c1)c1cc(-c2c(C)noc2C)cnc1C.CCN(c1ccc(-n2ccnc2)c(Br)c1)c1cc(-c2c(C)noc2C)ncc1C.Cc1ccc(-c2c(C)noc2C)cc1N(C)c1cnc(-n2ccnc2)c(Br)c1. The molecule has 0 aliphatic rings. The highest BCUT2D eigenvalue weighted by atomic mass is 79.9. The third-order valence-electron chi connectivity index (χ3n) is 19.9. The van der Waals surface area contributed by atoms with Crippen LogP contribution < -0.4 is 19.6 Å². The Bertz CT molecular complexity index is 5530. The summed E-state index contributed by atoms with van der Waals surface area (Å²) in [7, 11) is 2.04. The number of halogens is 4. The molecule has 24 nitrogen and oxygen atoms in total. The number of imidazole rings is 4. The fourth-order valence-corrected chi connectivity index (χ4v) is 16.2. The number of rotatable bonds is 19. The van der Waals surface area contributed by atoms with Crippen LogP contribution in [-0.2, 0) is 0 Å². The lowest BCUT2D eigenvalue weighted by Crippen LogP contribution is -2.18. The first-order valence-corrected chi connectivity index (χ1v) is 40.4. The molecule has 0 atom stereocenters. The quantitative estimate of drug-likeness (QED) is 0.0731. The standard InChI is InChI=1S/3C22H22BrN5O.C21H20BrN5O/c1-5-28(18-6-7-20(19(23)11-18)27-9-8-24-13-27)21-10-17(12-25-14(21)2)22-15(3)26-29-16(22)4;1-5-28(17-6-7-20(18(23)10-17)27-9-8-24-13-27)21-11-19(25-12-14(21)2)22-15(3)26-29-16(22)4;1-5-28(21-11-18(23)20(12-25-21)27-9-8-24-13-27)19-10-17(7-6-14(19)2)22-15(3)26-29-16(22)4;1-13-5-6-16(20-14(2)25-28-15(20)3)9-19(13)26(4)17-10-18(22)21(24-11-17)27-8-7-23-12-27/h3*6-13H,5H2,1-4H3;5-12H,1-4H3. The van der Waals surface area contributed by atoms with E-state index in [2.05, 4.69) is 271 Å². The van der Waals surface area contributed by atoms with Gasteiger partial charge >= 0.3 is 0 Å².